The van der Waals surface area contributed by atoms with E-state index >= 15 is 0 Å². The summed E-state index contributed by atoms with van der Waals surface area (Å²) in [5, 5.41) is 6.40. The van der Waals surface area contributed by atoms with Crippen molar-refractivity contribution in [2.75, 3.05) is 13.7 Å². The van der Waals surface area contributed by atoms with Gasteiger partial charge in [0, 0.05) is 7.05 Å². The second-order valence-corrected chi connectivity index (χ2v) is 6.99. The van der Waals surface area contributed by atoms with E-state index in [1.54, 1.807) is 13.1 Å². The molecule has 0 aliphatic heterocycles. The van der Waals surface area contributed by atoms with Crippen molar-refractivity contribution >= 4 is 5.96 Å². The summed E-state index contributed by atoms with van der Waals surface area (Å²) in [7, 11) is 1.68. The van der Waals surface area contributed by atoms with Gasteiger partial charge in [0.05, 0.1) is 24.9 Å². The Kier molecular flexibility index (Phi) is 5.98. The van der Waals surface area contributed by atoms with Gasteiger partial charge in [-0.15, -0.1) is 0 Å². The first-order chi connectivity index (χ1) is 13.0. The van der Waals surface area contributed by atoms with Gasteiger partial charge in [0.1, 0.15) is 5.76 Å². The highest BCUT2D eigenvalue weighted by Crippen LogP contribution is 2.30. The van der Waals surface area contributed by atoms with Crippen molar-refractivity contribution in [3.05, 3.63) is 46.9 Å². The molecule has 6 nitrogen and oxygen atoms in total. The molecule has 3 rings (SSSR count). The Morgan fingerprint density at radius 3 is 2.78 bits per heavy atom. The highest BCUT2D eigenvalue weighted by atomic mass is 19.1. The molecule has 1 aliphatic rings. The second-order valence-electron chi connectivity index (χ2n) is 6.99. The van der Waals surface area contributed by atoms with Crippen molar-refractivity contribution in [1.29, 1.82) is 0 Å². The van der Waals surface area contributed by atoms with Crippen LogP contribution in [-0.4, -0.2) is 24.6 Å². The zero-order chi connectivity index (χ0) is 19.4. The maximum Gasteiger partial charge on any atom is 0.214 e. The largest absolute Gasteiger partial charge is 0.490 e. The predicted molar refractivity (Wildman–Crippen MR) is 102 cm³/mol. The monoisotopic (exact) mass is 374 g/mol. The topological polar surface area (TPSA) is 71.7 Å². The van der Waals surface area contributed by atoms with Crippen LogP contribution < -0.4 is 15.4 Å². The molecule has 1 saturated carbocycles. The predicted octanol–water partition coefficient (Wildman–Crippen LogP) is 3.65. The average molecular weight is 374 g/mol. The molecule has 1 aromatic carbocycles. The molecule has 146 valence electrons. The second kappa shape index (κ2) is 8.41. The molecule has 1 atom stereocenters. The standard InChI is InChI=1S/C20H27FN4O2/c1-12-14(3)27-19(24-12)10-23-20(22-4)25-13(2)16-7-8-18(17(21)9-16)26-11-15-5-6-15/h7-9,13,15H,5-6,10-11H2,1-4H3,(H2,22,23,25). The Labute approximate surface area is 159 Å². The molecule has 2 aromatic rings. The first-order valence-corrected chi connectivity index (χ1v) is 9.28. The molecule has 0 radical (unpaired) electrons. The Bertz CT molecular complexity index is 795. The SMILES string of the molecule is CN=C(NCc1nc(C)c(C)o1)NC(C)c1ccc(OCC2CC2)c(F)c1. The van der Waals surface area contributed by atoms with Crippen molar-refractivity contribution in [1.82, 2.24) is 15.6 Å². The van der Waals surface area contributed by atoms with Crippen LogP contribution in [0.3, 0.4) is 0 Å². The minimum atomic E-state index is -0.338. The van der Waals surface area contributed by atoms with Gasteiger partial charge in [-0.25, -0.2) is 9.37 Å². The first kappa shape index (κ1) is 19.2. The molecule has 2 N–H and O–H groups in total. The van der Waals surface area contributed by atoms with Gasteiger partial charge in [0.15, 0.2) is 17.5 Å². The third kappa shape index (κ3) is 5.21. The van der Waals surface area contributed by atoms with E-state index in [-0.39, 0.29) is 11.9 Å². The molecule has 0 saturated heterocycles. The molecule has 1 heterocycles. The van der Waals surface area contributed by atoms with Crippen LogP contribution in [0.25, 0.3) is 0 Å². The summed E-state index contributed by atoms with van der Waals surface area (Å²) >= 11 is 0. The van der Waals surface area contributed by atoms with Crippen LogP contribution in [0.5, 0.6) is 5.75 Å². The fraction of sp³-hybridized carbons (Fsp3) is 0.500. The number of nitrogens with zero attached hydrogens (tertiary/aromatic N) is 2. The van der Waals surface area contributed by atoms with Gasteiger partial charge in [0.25, 0.3) is 0 Å². The molecule has 27 heavy (non-hydrogen) atoms. The number of ether oxygens (including phenoxy) is 1. The Morgan fingerprint density at radius 2 is 2.19 bits per heavy atom. The van der Waals surface area contributed by atoms with Crippen molar-refractivity contribution in [2.45, 2.75) is 46.2 Å². The lowest BCUT2D eigenvalue weighted by atomic mass is 10.1. The van der Waals surface area contributed by atoms with E-state index in [0.717, 1.165) is 17.0 Å². The van der Waals surface area contributed by atoms with Crippen molar-refractivity contribution in [3.63, 3.8) is 0 Å². The van der Waals surface area contributed by atoms with E-state index in [9.17, 15) is 4.39 Å². The number of rotatable bonds is 7. The van der Waals surface area contributed by atoms with Crippen molar-refractivity contribution in [3.8, 4) is 5.75 Å². The number of aromatic nitrogens is 1. The normalized spacial score (nSPS) is 15.5. The minimum absolute atomic E-state index is 0.129. The van der Waals surface area contributed by atoms with Crippen LogP contribution >= 0.6 is 0 Å². The summed E-state index contributed by atoms with van der Waals surface area (Å²) in [5.74, 6) is 2.57. The molecule has 1 unspecified atom stereocenters. The first-order valence-electron chi connectivity index (χ1n) is 9.28. The summed E-state index contributed by atoms with van der Waals surface area (Å²) in [4.78, 5) is 8.53. The number of aryl methyl sites for hydroxylation is 2. The Morgan fingerprint density at radius 1 is 1.41 bits per heavy atom. The molecule has 0 amide bonds. The highest BCUT2D eigenvalue weighted by Gasteiger charge is 2.22. The number of hydrogen-bond donors (Lipinski definition) is 2. The van der Waals surface area contributed by atoms with E-state index < -0.39 is 0 Å². The zero-order valence-electron chi connectivity index (χ0n) is 16.3. The quantitative estimate of drug-likeness (QED) is 0.572. The zero-order valence-corrected chi connectivity index (χ0v) is 16.3. The smallest absolute Gasteiger partial charge is 0.214 e. The molecular formula is C20H27FN4O2. The lowest BCUT2D eigenvalue weighted by molar-refractivity contribution is 0.285. The molecule has 0 bridgehead atoms. The van der Waals surface area contributed by atoms with E-state index in [1.807, 2.05) is 26.8 Å². The van der Waals surface area contributed by atoms with Gasteiger partial charge < -0.3 is 19.8 Å². The molecule has 7 heteroatoms. The lowest BCUT2D eigenvalue weighted by Gasteiger charge is -2.18. The van der Waals surface area contributed by atoms with E-state index in [0.29, 0.717) is 36.7 Å². The summed E-state index contributed by atoms with van der Waals surface area (Å²) in [6.45, 7) is 6.76. The summed E-state index contributed by atoms with van der Waals surface area (Å²) in [5.41, 5.74) is 1.69. The fourth-order valence-corrected chi connectivity index (χ4v) is 2.65. The van der Waals surface area contributed by atoms with E-state index in [1.165, 1.54) is 18.9 Å². The van der Waals surface area contributed by atoms with Gasteiger partial charge in [-0.05, 0) is 57.2 Å². The third-order valence-corrected chi connectivity index (χ3v) is 4.68. The van der Waals surface area contributed by atoms with Crippen LogP contribution in [-0.2, 0) is 6.54 Å². The molecule has 1 fully saturated rings. The number of benzene rings is 1. The van der Waals surface area contributed by atoms with Crippen LogP contribution in [0.4, 0.5) is 4.39 Å². The number of oxazole rings is 1. The summed E-state index contributed by atoms with van der Waals surface area (Å²) in [6, 6.07) is 4.95. The average Bonchev–Trinajstić information content (AvgIpc) is 3.42. The maximum atomic E-state index is 14.3. The van der Waals surface area contributed by atoms with Gasteiger partial charge >= 0.3 is 0 Å². The molecular weight excluding hydrogens is 347 g/mol. The maximum absolute atomic E-state index is 14.3. The van der Waals surface area contributed by atoms with Crippen LogP contribution in [0.1, 0.15) is 48.7 Å². The Balaban J connectivity index is 1.55. The lowest BCUT2D eigenvalue weighted by Crippen LogP contribution is -2.38. The summed E-state index contributed by atoms with van der Waals surface area (Å²) < 4.78 is 25.4. The fourth-order valence-electron chi connectivity index (χ4n) is 2.65. The van der Waals surface area contributed by atoms with Gasteiger partial charge in [0.2, 0.25) is 5.89 Å². The van der Waals surface area contributed by atoms with E-state index in [2.05, 4.69) is 20.6 Å². The number of guanidine groups is 1. The molecule has 1 aliphatic carbocycles. The molecule has 1 aromatic heterocycles. The van der Waals surface area contributed by atoms with Crippen LogP contribution in [0, 0.1) is 25.6 Å². The van der Waals surface area contributed by atoms with Crippen LogP contribution in [0.15, 0.2) is 27.6 Å². The van der Waals surface area contributed by atoms with E-state index in [4.69, 9.17) is 9.15 Å². The van der Waals surface area contributed by atoms with Gasteiger partial charge in [-0.2, -0.15) is 0 Å². The van der Waals surface area contributed by atoms with Crippen molar-refractivity contribution < 1.29 is 13.5 Å². The summed E-state index contributed by atoms with van der Waals surface area (Å²) in [6.07, 6.45) is 2.36. The number of aliphatic imine (C=N–C) groups is 1. The van der Waals surface area contributed by atoms with Gasteiger partial charge in [-0.3, -0.25) is 4.99 Å². The third-order valence-electron chi connectivity index (χ3n) is 4.68. The van der Waals surface area contributed by atoms with Crippen molar-refractivity contribution in [2.24, 2.45) is 10.9 Å². The van der Waals surface area contributed by atoms with Gasteiger partial charge in [-0.1, -0.05) is 6.07 Å². The Hall–Kier alpha value is -2.57. The van der Waals surface area contributed by atoms with Crippen LogP contribution in [0.2, 0.25) is 0 Å². The number of nitrogens with one attached hydrogen (secondary N) is 2. The molecule has 0 spiro atoms. The minimum Gasteiger partial charge on any atom is -0.490 e. The number of hydrogen-bond acceptors (Lipinski definition) is 4. The number of halogens is 1. The highest BCUT2D eigenvalue weighted by molar-refractivity contribution is 5.80.